The van der Waals surface area contributed by atoms with Crippen molar-refractivity contribution in [2.75, 3.05) is 6.16 Å². The Morgan fingerprint density at radius 3 is 2.33 bits per heavy atom. The fourth-order valence-electron chi connectivity index (χ4n) is 0.934. The second kappa shape index (κ2) is 5.52. The molecular formula is C8H17O3P. The molecule has 0 aliphatic rings. The van der Waals surface area contributed by atoms with Crippen LogP contribution in [0.4, 0.5) is 0 Å². The molecule has 0 radical (unpaired) electrons. The van der Waals surface area contributed by atoms with Crippen LogP contribution in [0.2, 0.25) is 0 Å². The summed E-state index contributed by atoms with van der Waals surface area (Å²) in [5.74, 6) is 0. The lowest BCUT2D eigenvalue weighted by Crippen LogP contribution is -1.92. The highest BCUT2D eigenvalue weighted by Crippen LogP contribution is 2.37. The van der Waals surface area contributed by atoms with Gasteiger partial charge >= 0.3 is 7.60 Å². The smallest absolute Gasteiger partial charge is 0.324 e. The molecule has 0 atom stereocenters. The molecule has 2 N–H and O–H groups in total. The predicted molar refractivity (Wildman–Crippen MR) is 50.2 cm³/mol. The van der Waals surface area contributed by atoms with Crippen molar-refractivity contribution in [3.8, 4) is 0 Å². The van der Waals surface area contributed by atoms with E-state index in [1.165, 1.54) is 0 Å². The summed E-state index contributed by atoms with van der Waals surface area (Å²) in [6.45, 7) is 3.96. The molecular weight excluding hydrogens is 175 g/mol. The minimum Gasteiger partial charge on any atom is -0.324 e. The lowest BCUT2D eigenvalue weighted by Gasteiger charge is -2.05. The summed E-state index contributed by atoms with van der Waals surface area (Å²) >= 11 is 0. The van der Waals surface area contributed by atoms with E-state index in [0.717, 1.165) is 24.8 Å². The molecule has 0 bridgehead atoms. The zero-order valence-electron chi connectivity index (χ0n) is 7.66. The van der Waals surface area contributed by atoms with E-state index in [4.69, 9.17) is 9.79 Å². The van der Waals surface area contributed by atoms with Gasteiger partial charge in [-0.1, -0.05) is 31.9 Å². The van der Waals surface area contributed by atoms with Gasteiger partial charge in [-0.2, -0.15) is 0 Å². The van der Waals surface area contributed by atoms with E-state index in [9.17, 15) is 4.57 Å². The average Bonchev–Trinajstić information content (AvgIpc) is 1.95. The second-order valence-electron chi connectivity index (χ2n) is 2.83. The van der Waals surface area contributed by atoms with Gasteiger partial charge in [0.05, 0.1) is 6.16 Å². The first-order valence-corrected chi connectivity index (χ1v) is 6.01. The van der Waals surface area contributed by atoms with Gasteiger partial charge in [0.25, 0.3) is 0 Å². The van der Waals surface area contributed by atoms with Crippen LogP contribution in [0.1, 0.15) is 33.1 Å². The van der Waals surface area contributed by atoms with Gasteiger partial charge < -0.3 is 9.79 Å². The van der Waals surface area contributed by atoms with E-state index >= 15 is 0 Å². The zero-order valence-corrected chi connectivity index (χ0v) is 8.55. The molecule has 0 aliphatic carbocycles. The first-order chi connectivity index (χ1) is 5.49. The van der Waals surface area contributed by atoms with Crippen molar-refractivity contribution in [1.29, 1.82) is 0 Å². The minimum absolute atomic E-state index is 0.0799. The average molecular weight is 192 g/mol. The van der Waals surface area contributed by atoms with Gasteiger partial charge in [0, 0.05) is 0 Å². The van der Waals surface area contributed by atoms with Crippen LogP contribution in [0, 0.1) is 0 Å². The van der Waals surface area contributed by atoms with Gasteiger partial charge in [0.2, 0.25) is 0 Å². The van der Waals surface area contributed by atoms with Crippen molar-refractivity contribution in [2.24, 2.45) is 0 Å². The highest BCUT2D eigenvalue weighted by Gasteiger charge is 2.14. The third-order valence-corrected chi connectivity index (χ3v) is 2.40. The Hall–Kier alpha value is -0.110. The standard InChI is InChI=1S/C8H17O3P/c1-3-5-6-8(4-2)7-12(9,10)11/h6H,3-5,7H2,1-2H3,(H2,9,10,11). The Labute approximate surface area is 73.7 Å². The molecule has 0 rings (SSSR count). The van der Waals surface area contributed by atoms with E-state index in [2.05, 4.69) is 0 Å². The minimum atomic E-state index is -3.85. The van der Waals surface area contributed by atoms with Gasteiger partial charge in [-0.3, -0.25) is 4.57 Å². The summed E-state index contributed by atoms with van der Waals surface area (Å²) in [6, 6.07) is 0. The topological polar surface area (TPSA) is 57.5 Å². The summed E-state index contributed by atoms with van der Waals surface area (Å²) in [7, 11) is -3.85. The van der Waals surface area contributed by atoms with Crippen LogP contribution >= 0.6 is 7.60 Å². The first kappa shape index (κ1) is 11.9. The van der Waals surface area contributed by atoms with E-state index in [0.29, 0.717) is 0 Å². The van der Waals surface area contributed by atoms with E-state index < -0.39 is 7.60 Å². The van der Waals surface area contributed by atoms with Gasteiger partial charge in [-0.15, -0.1) is 0 Å². The molecule has 72 valence electrons. The summed E-state index contributed by atoms with van der Waals surface area (Å²) < 4.78 is 10.6. The van der Waals surface area contributed by atoms with Crippen LogP contribution in [-0.4, -0.2) is 15.9 Å². The van der Waals surface area contributed by atoms with Gasteiger partial charge in [-0.05, 0) is 12.8 Å². The van der Waals surface area contributed by atoms with E-state index in [1.54, 1.807) is 0 Å². The van der Waals surface area contributed by atoms with Gasteiger partial charge in [0.15, 0.2) is 0 Å². The maximum atomic E-state index is 10.6. The van der Waals surface area contributed by atoms with Crippen LogP contribution in [0.25, 0.3) is 0 Å². The summed E-state index contributed by atoms with van der Waals surface area (Å²) in [6.07, 6.45) is 4.50. The molecule has 0 saturated heterocycles. The molecule has 3 nitrogen and oxygen atoms in total. The lowest BCUT2D eigenvalue weighted by molar-refractivity contribution is 0.375. The second-order valence-corrected chi connectivity index (χ2v) is 4.47. The molecule has 0 unspecified atom stereocenters. The Morgan fingerprint density at radius 2 is 2.00 bits per heavy atom. The van der Waals surface area contributed by atoms with Gasteiger partial charge in [-0.25, -0.2) is 0 Å². The van der Waals surface area contributed by atoms with Crippen molar-refractivity contribution >= 4 is 7.60 Å². The van der Waals surface area contributed by atoms with Crippen LogP contribution in [0.15, 0.2) is 11.6 Å². The highest BCUT2D eigenvalue weighted by molar-refractivity contribution is 7.52. The van der Waals surface area contributed by atoms with Crippen molar-refractivity contribution < 1.29 is 14.4 Å². The van der Waals surface area contributed by atoms with E-state index in [1.807, 2.05) is 19.9 Å². The number of hydrogen-bond acceptors (Lipinski definition) is 1. The van der Waals surface area contributed by atoms with Crippen molar-refractivity contribution in [3.05, 3.63) is 11.6 Å². The quantitative estimate of drug-likeness (QED) is 0.519. The van der Waals surface area contributed by atoms with Crippen LogP contribution in [0.3, 0.4) is 0 Å². The van der Waals surface area contributed by atoms with Crippen LogP contribution in [-0.2, 0) is 4.57 Å². The molecule has 0 aromatic carbocycles. The van der Waals surface area contributed by atoms with Crippen molar-refractivity contribution in [3.63, 3.8) is 0 Å². The number of unbranched alkanes of at least 4 members (excludes halogenated alkanes) is 1. The fraction of sp³-hybridized carbons (Fsp3) is 0.750. The zero-order chi connectivity index (χ0) is 9.61. The molecule has 0 spiro atoms. The third-order valence-electron chi connectivity index (χ3n) is 1.58. The third kappa shape index (κ3) is 6.59. The normalized spacial score (nSPS) is 13.5. The maximum Gasteiger partial charge on any atom is 0.329 e. The molecule has 0 saturated carbocycles. The Bertz CT molecular complexity index is 192. The number of allylic oxidation sites excluding steroid dienone is 2. The van der Waals surface area contributed by atoms with Crippen molar-refractivity contribution in [2.45, 2.75) is 33.1 Å². The highest BCUT2D eigenvalue weighted by atomic mass is 31.2. The van der Waals surface area contributed by atoms with Gasteiger partial charge in [0.1, 0.15) is 0 Å². The number of rotatable bonds is 5. The fourth-order valence-corrected chi connectivity index (χ4v) is 1.82. The summed E-state index contributed by atoms with van der Waals surface area (Å²) in [5.41, 5.74) is 0.866. The Balaban J connectivity index is 4.08. The van der Waals surface area contributed by atoms with E-state index in [-0.39, 0.29) is 6.16 Å². The molecule has 0 fully saturated rings. The molecule has 4 heteroatoms. The molecule has 0 heterocycles. The first-order valence-electron chi connectivity index (χ1n) is 4.22. The molecule has 0 aromatic heterocycles. The number of hydrogen-bond donors (Lipinski definition) is 2. The molecule has 0 amide bonds. The predicted octanol–water partition coefficient (Wildman–Crippen LogP) is 2.30. The van der Waals surface area contributed by atoms with Crippen LogP contribution < -0.4 is 0 Å². The molecule has 12 heavy (non-hydrogen) atoms. The molecule has 0 aliphatic heterocycles. The molecule has 0 aromatic rings. The van der Waals surface area contributed by atoms with Crippen molar-refractivity contribution in [1.82, 2.24) is 0 Å². The summed E-state index contributed by atoms with van der Waals surface area (Å²) in [5, 5.41) is 0. The Morgan fingerprint density at radius 1 is 1.42 bits per heavy atom. The largest absolute Gasteiger partial charge is 0.329 e. The Kier molecular flexibility index (Phi) is 5.47. The lowest BCUT2D eigenvalue weighted by atomic mass is 10.2. The SMILES string of the molecule is CCCC=C(CC)CP(=O)(O)O. The monoisotopic (exact) mass is 192 g/mol. The summed E-state index contributed by atoms with van der Waals surface area (Å²) in [4.78, 5) is 17.4. The maximum absolute atomic E-state index is 10.6. The van der Waals surface area contributed by atoms with Crippen LogP contribution in [0.5, 0.6) is 0 Å².